The molecule has 0 atom stereocenters. The summed E-state index contributed by atoms with van der Waals surface area (Å²) < 4.78 is 4.91. The van der Waals surface area contributed by atoms with Gasteiger partial charge in [0.15, 0.2) is 0 Å². The van der Waals surface area contributed by atoms with Crippen molar-refractivity contribution in [1.29, 1.82) is 0 Å². The van der Waals surface area contributed by atoms with Crippen molar-refractivity contribution in [2.45, 2.75) is 13.8 Å². The van der Waals surface area contributed by atoms with Crippen LogP contribution in [0.15, 0.2) is 0 Å². The van der Waals surface area contributed by atoms with Crippen molar-refractivity contribution in [3.8, 4) is 0 Å². The summed E-state index contributed by atoms with van der Waals surface area (Å²) in [5.41, 5.74) is 0. The monoisotopic (exact) mass is 131 g/mol. The first-order valence-electron chi connectivity index (χ1n) is 3.63. The molecule has 1 heterocycles. The standard InChI is InChI=1S/C5H11NO.C2H6/c1-7-4-5-2-6-3-5;1-2/h5-6H,2-4H2,1H3;1-2H3. The van der Waals surface area contributed by atoms with Crippen molar-refractivity contribution in [1.82, 2.24) is 5.32 Å². The first kappa shape index (κ1) is 8.92. The van der Waals surface area contributed by atoms with Crippen LogP contribution in [0.2, 0.25) is 0 Å². The molecule has 0 saturated carbocycles. The van der Waals surface area contributed by atoms with Gasteiger partial charge in [0, 0.05) is 26.1 Å². The average molecular weight is 131 g/mol. The first-order valence-corrected chi connectivity index (χ1v) is 3.63. The summed E-state index contributed by atoms with van der Waals surface area (Å²) in [7, 11) is 1.75. The largest absolute Gasteiger partial charge is 0.384 e. The lowest BCUT2D eigenvalue weighted by molar-refractivity contribution is 0.124. The van der Waals surface area contributed by atoms with Gasteiger partial charge >= 0.3 is 0 Å². The number of rotatable bonds is 2. The van der Waals surface area contributed by atoms with Crippen LogP contribution in [-0.2, 0) is 4.74 Å². The van der Waals surface area contributed by atoms with Crippen molar-refractivity contribution in [2.24, 2.45) is 5.92 Å². The van der Waals surface area contributed by atoms with Gasteiger partial charge in [0.2, 0.25) is 0 Å². The van der Waals surface area contributed by atoms with Gasteiger partial charge in [-0.25, -0.2) is 0 Å². The van der Waals surface area contributed by atoms with Crippen molar-refractivity contribution >= 4 is 0 Å². The molecule has 0 unspecified atom stereocenters. The number of hydrogen-bond donors (Lipinski definition) is 1. The van der Waals surface area contributed by atoms with E-state index in [1.54, 1.807) is 7.11 Å². The molecule has 0 aliphatic carbocycles. The Bertz CT molecular complexity index is 52.9. The summed E-state index contributed by atoms with van der Waals surface area (Å²) >= 11 is 0. The molecule has 0 aromatic rings. The van der Waals surface area contributed by atoms with E-state index < -0.39 is 0 Å². The van der Waals surface area contributed by atoms with Crippen LogP contribution in [-0.4, -0.2) is 26.8 Å². The summed E-state index contributed by atoms with van der Waals surface area (Å²) in [6.07, 6.45) is 0. The summed E-state index contributed by atoms with van der Waals surface area (Å²) in [4.78, 5) is 0. The van der Waals surface area contributed by atoms with Crippen LogP contribution in [0.1, 0.15) is 13.8 Å². The molecule has 2 heteroatoms. The zero-order chi connectivity index (χ0) is 7.11. The second kappa shape index (κ2) is 6.05. The van der Waals surface area contributed by atoms with Gasteiger partial charge in [-0.05, 0) is 0 Å². The van der Waals surface area contributed by atoms with E-state index in [2.05, 4.69) is 5.32 Å². The Morgan fingerprint density at radius 1 is 1.44 bits per heavy atom. The Morgan fingerprint density at radius 3 is 2.11 bits per heavy atom. The van der Waals surface area contributed by atoms with E-state index in [1.165, 1.54) is 0 Å². The number of methoxy groups -OCH3 is 1. The molecule has 1 fully saturated rings. The van der Waals surface area contributed by atoms with Gasteiger partial charge in [0.25, 0.3) is 0 Å². The van der Waals surface area contributed by atoms with Crippen LogP contribution < -0.4 is 5.32 Å². The fourth-order valence-electron chi connectivity index (χ4n) is 0.702. The summed E-state index contributed by atoms with van der Waals surface area (Å²) in [6, 6.07) is 0. The highest BCUT2D eigenvalue weighted by Gasteiger charge is 2.14. The summed E-state index contributed by atoms with van der Waals surface area (Å²) in [6.45, 7) is 7.22. The second-order valence-corrected chi connectivity index (χ2v) is 1.98. The summed E-state index contributed by atoms with van der Waals surface area (Å²) in [5, 5.41) is 3.17. The fraction of sp³-hybridized carbons (Fsp3) is 1.00. The van der Waals surface area contributed by atoms with E-state index >= 15 is 0 Å². The SMILES string of the molecule is CC.COCC1CNC1. The van der Waals surface area contributed by atoms with E-state index in [0.717, 1.165) is 25.6 Å². The van der Waals surface area contributed by atoms with Gasteiger partial charge in [-0.1, -0.05) is 13.8 Å². The quantitative estimate of drug-likeness (QED) is 0.600. The molecule has 1 saturated heterocycles. The summed E-state index contributed by atoms with van der Waals surface area (Å²) in [5.74, 6) is 0.796. The zero-order valence-corrected chi connectivity index (χ0v) is 6.61. The number of nitrogens with one attached hydrogen (secondary N) is 1. The topological polar surface area (TPSA) is 21.3 Å². The minimum absolute atomic E-state index is 0.796. The van der Waals surface area contributed by atoms with Crippen LogP contribution in [0.4, 0.5) is 0 Å². The normalized spacial score (nSPS) is 17.7. The maximum atomic E-state index is 4.91. The third kappa shape index (κ3) is 3.49. The molecule has 2 nitrogen and oxygen atoms in total. The Balaban J connectivity index is 0.000000291. The van der Waals surface area contributed by atoms with Gasteiger partial charge in [0.1, 0.15) is 0 Å². The highest BCUT2D eigenvalue weighted by atomic mass is 16.5. The molecular weight excluding hydrogens is 114 g/mol. The van der Waals surface area contributed by atoms with Crippen LogP contribution in [0.25, 0.3) is 0 Å². The van der Waals surface area contributed by atoms with Crippen molar-refractivity contribution in [2.75, 3.05) is 26.8 Å². The van der Waals surface area contributed by atoms with Gasteiger partial charge in [-0.2, -0.15) is 0 Å². The predicted octanol–water partition coefficient (Wildman–Crippen LogP) is 0.878. The van der Waals surface area contributed by atoms with E-state index in [4.69, 9.17) is 4.74 Å². The maximum Gasteiger partial charge on any atom is 0.0514 e. The lowest BCUT2D eigenvalue weighted by Crippen LogP contribution is -2.44. The maximum absolute atomic E-state index is 4.91. The highest BCUT2D eigenvalue weighted by Crippen LogP contribution is 2.00. The van der Waals surface area contributed by atoms with E-state index in [1.807, 2.05) is 13.8 Å². The van der Waals surface area contributed by atoms with E-state index in [9.17, 15) is 0 Å². The Morgan fingerprint density at radius 2 is 2.00 bits per heavy atom. The molecule has 56 valence electrons. The molecule has 0 radical (unpaired) electrons. The minimum atomic E-state index is 0.796. The average Bonchev–Trinajstić information content (AvgIpc) is 1.84. The Hall–Kier alpha value is -0.0800. The molecule has 0 spiro atoms. The van der Waals surface area contributed by atoms with E-state index in [-0.39, 0.29) is 0 Å². The van der Waals surface area contributed by atoms with E-state index in [0.29, 0.717) is 0 Å². The first-order chi connectivity index (χ1) is 4.43. The van der Waals surface area contributed by atoms with Crippen molar-refractivity contribution < 1.29 is 4.74 Å². The lowest BCUT2D eigenvalue weighted by atomic mass is 10.1. The van der Waals surface area contributed by atoms with Crippen LogP contribution in [0, 0.1) is 5.92 Å². The smallest absolute Gasteiger partial charge is 0.0514 e. The molecule has 1 rings (SSSR count). The Labute approximate surface area is 57.6 Å². The molecule has 1 N–H and O–H groups in total. The van der Waals surface area contributed by atoms with Crippen LogP contribution in [0.5, 0.6) is 0 Å². The predicted molar refractivity (Wildman–Crippen MR) is 39.6 cm³/mol. The number of hydrogen-bond acceptors (Lipinski definition) is 2. The van der Waals surface area contributed by atoms with Gasteiger partial charge < -0.3 is 10.1 Å². The van der Waals surface area contributed by atoms with Gasteiger partial charge in [-0.3, -0.25) is 0 Å². The van der Waals surface area contributed by atoms with Crippen LogP contribution >= 0.6 is 0 Å². The fourth-order valence-corrected chi connectivity index (χ4v) is 0.702. The van der Waals surface area contributed by atoms with Gasteiger partial charge in [0.05, 0.1) is 6.61 Å². The van der Waals surface area contributed by atoms with Crippen molar-refractivity contribution in [3.05, 3.63) is 0 Å². The molecule has 0 amide bonds. The molecule has 9 heavy (non-hydrogen) atoms. The molecule has 0 bridgehead atoms. The molecular formula is C7H17NO. The molecule has 0 aromatic carbocycles. The third-order valence-electron chi connectivity index (χ3n) is 1.27. The highest BCUT2D eigenvalue weighted by molar-refractivity contribution is 4.73. The molecule has 1 aliphatic rings. The molecule has 1 aliphatic heterocycles. The number of ether oxygens (including phenoxy) is 1. The zero-order valence-electron chi connectivity index (χ0n) is 6.61. The van der Waals surface area contributed by atoms with Crippen LogP contribution in [0.3, 0.4) is 0 Å². The minimum Gasteiger partial charge on any atom is -0.384 e. The Kier molecular flexibility index (Phi) is 5.99. The molecule has 0 aromatic heterocycles. The van der Waals surface area contributed by atoms with Gasteiger partial charge in [-0.15, -0.1) is 0 Å². The van der Waals surface area contributed by atoms with Crippen molar-refractivity contribution in [3.63, 3.8) is 0 Å². The lowest BCUT2D eigenvalue weighted by Gasteiger charge is -2.25. The third-order valence-corrected chi connectivity index (χ3v) is 1.27. The second-order valence-electron chi connectivity index (χ2n) is 1.98.